The Bertz CT molecular complexity index is 494. The molecule has 1 aromatic heterocycles. The van der Waals surface area contributed by atoms with Crippen LogP contribution in [0, 0.1) is 5.92 Å². The first-order chi connectivity index (χ1) is 7.99. The lowest BCUT2D eigenvalue weighted by molar-refractivity contribution is -0.123. The van der Waals surface area contributed by atoms with E-state index in [4.69, 9.17) is 17.3 Å². The lowest BCUT2D eigenvalue weighted by Gasteiger charge is -2.17. The van der Waals surface area contributed by atoms with Crippen molar-refractivity contribution in [2.24, 2.45) is 11.7 Å². The predicted octanol–water partition coefficient (Wildman–Crippen LogP) is 1.34. The van der Waals surface area contributed by atoms with E-state index in [1.165, 1.54) is 11.1 Å². The fourth-order valence-corrected chi connectivity index (χ4v) is 2.32. The Balaban J connectivity index is 2.32. The van der Waals surface area contributed by atoms with Crippen molar-refractivity contribution in [2.45, 2.75) is 6.42 Å². The van der Waals surface area contributed by atoms with E-state index in [-0.39, 0.29) is 18.9 Å². The van der Waals surface area contributed by atoms with Crippen molar-refractivity contribution in [2.75, 3.05) is 11.4 Å². The summed E-state index contributed by atoms with van der Waals surface area (Å²) in [4.78, 5) is 28.3. The van der Waals surface area contributed by atoms with Gasteiger partial charge in [-0.3, -0.25) is 9.59 Å². The predicted molar refractivity (Wildman–Crippen MR) is 66.6 cm³/mol. The highest BCUT2D eigenvalue weighted by atomic mass is 79.9. The zero-order valence-electron chi connectivity index (χ0n) is 8.69. The molecule has 1 aromatic rings. The van der Waals surface area contributed by atoms with Gasteiger partial charge in [0.05, 0.1) is 16.6 Å². The molecule has 17 heavy (non-hydrogen) atoms. The molecule has 90 valence electrons. The Labute approximate surface area is 111 Å². The van der Waals surface area contributed by atoms with Gasteiger partial charge in [0.1, 0.15) is 4.60 Å². The van der Waals surface area contributed by atoms with Gasteiger partial charge >= 0.3 is 0 Å². The van der Waals surface area contributed by atoms with Gasteiger partial charge in [-0.15, -0.1) is 0 Å². The van der Waals surface area contributed by atoms with Crippen LogP contribution in [0.3, 0.4) is 0 Å². The van der Waals surface area contributed by atoms with Gasteiger partial charge in [0.2, 0.25) is 11.8 Å². The summed E-state index contributed by atoms with van der Waals surface area (Å²) in [5.74, 6) is -1.07. The molecule has 0 aromatic carbocycles. The molecule has 0 saturated carbocycles. The van der Waals surface area contributed by atoms with Crippen LogP contribution >= 0.6 is 27.5 Å². The number of carbonyl (C=O) groups excluding carboxylic acids is 2. The smallest absolute Gasteiger partial charge is 0.227 e. The lowest BCUT2D eigenvalue weighted by Crippen LogP contribution is -2.28. The number of hydrogen-bond acceptors (Lipinski definition) is 3. The summed E-state index contributed by atoms with van der Waals surface area (Å²) in [6, 6.07) is 1.62. The molecule has 2 amide bonds. The number of rotatable bonds is 2. The van der Waals surface area contributed by atoms with Crippen molar-refractivity contribution < 1.29 is 9.59 Å². The molecule has 1 saturated heterocycles. The summed E-state index contributed by atoms with van der Waals surface area (Å²) in [5, 5.41) is 0.429. The molecule has 7 heteroatoms. The second-order valence-corrected chi connectivity index (χ2v) is 4.96. The van der Waals surface area contributed by atoms with Crippen molar-refractivity contribution in [1.82, 2.24) is 4.98 Å². The second-order valence-electron chi connectivity index (χ2n) is 3.77. The third-order valence-electron chi connectivity index (χ3n) is 2.61. The molecule has 1 fully saturated rings. The minimum absolute atomic E-state index is 0.133. The number of nitrogens with zero attached hydrogens (tertiary/aromatic N) is 2. The van der Waals surface area contributed by atoms with Crippen molar-refractivity contribution in [3.8, 4) is 0 Å². The number of halogens is 2. The second kappa shape index (κ2) is 4.62. The molecule has 0 radical (unpaired) electrons. The van der Waals surface area contributed by atoms with E-state index in [0.717, 1.165) is 0 Å². The molecule has 0 aliphatic carbocycles. The number of primary amides is 1. The standard InChI is InChI=1S/C10H9BrClN3O2/c11-9-7(2-6(12)3-14-9)15-4-5(10(13)17)1-8(15)16/h2-3,5H,1,4H2,(H2,13,17). The van der Waals surface area contributed by atoms with Crippen LogP contribution in [0.5, 0.6) is 0 Å². The Hall–Kier alpha value is -1.14. The van der Waals surface area contributed by atoms with Gasteiger partial charge in [-0.05, 0) is 22.0 Å². The first-order valence-corrected chi connectivity index (χ1v) is 6.07. The van der Waals surface area contributed by atoms with Crippen molar-refractivity contribution in [1.29, 1.82) is 0 Å². The third kappa shape index (κ3) is 2.42. The van der Waals surface area contributed by atoms with Crippen molar-refractivity contribution in [3.05, 3.63) is 21.9 Å². The molecule has 2 rings (SSSR count). The van der Waals surface area contributed by atoms with Gasteiger partial charge in [-0.2, -0.15) is 0 Å². The van der Waals surface area contributed by atoms with E-state index in [1.807, 2.05) is 0 Å². The highest BCUT2D eigenvalue weighted by Crippen LogP contribution is 2.31. The maximum absolute atomic E-state index is 11.8. The van der Waals surface area contributed by atoms with Crippen LogP contribution in [0.25, 0.3) is 0 Å². The van der Waals surface area contributed by atoms with E-state index in [1.54, 1.807) is 6.07 Å². The summed E-state index contributed by atoms with van der Waals surface area (Å²) in [6.07, 6.45) is 1.61. The van der Waals surface area contributed by atoms with Crippen LogP contribution in [0.4, 0.5) is 5.69 Å². The van der Waals surface area contributed by atoms with Crippen LogP contribution in [0.2, 0.25) is 5.02 Å². The third-order valence-corrected chi connectivity index (χ3v) is 3.42. The number of amides is 2. The monoisotopic (exact) mass is 317 g/mol. The minimum atomic E-state index is -0.466. The summed E-state index contributed by atoms with van der Waals surface area (Å²) in [6.45, 7) is 0.273. The fraction of sp³-hybridized carbons (Fsp3) is 0.300. The number of hydrogen-bond donors (Lipinski definition) is 1. The number of pyridine rings is 1. The summed E-state index contributed by atoms with van der Waals surface area (Å²) in [5.41, 5.74) is 5.76. The van der Waals surface area contributed by atoms with Gasteiger partial charge in [-0.1, -0.05) is 11.6 Å². The van der Waals surface area contributed by atoms with Gasteiger partial charge in [0.15, 0.2) is 0 Å². The minimum Gasteiger partial charge on any atom is -0.369 e. The molecular weight excluding hydrogens is 309 g/mol. The molecule has 0 spiro atoms. The van der Waals surface area contributed by atoms with Crippen LogP contribution in [0.1, 0.15) is 6.42 Å². The normalized spacial score (nSPS) is 19.8. The van der Waals surface area contributed by atoms with E-state index < -0.39 is 11.8 Å². The number of nitrogens with two attached hydrogens (primary N) is 1. The molecule has 1 unspecified atom stereocenters. The Morgan fingerprint density at radius 2 is 2.35 bits per heavy atom. The Kier molecular flexibility index (Phi) is 3.35. The lowest BCUT2D eigenvalue weighted by atomic mass is 10.1. The first kappa shape index (κ1) is 12.3. The van der Waals surface area contributed by atoms with Gasteiger partial charge < -0.3 is 10.6 Å². The molecule has 2 N–H and O–H groups in total. The maximum atomic E-state index is 11.8. The average molecular weight is 319 g/mol. The van der Waals surface area contributed by atoms with Crippen molar-refractivity contribution in [3.63, 3.8) is 0 Å². The summed E-state index contributed by atoms with van der Waals surface area (Å²) >= 11 is 9.07. The van der Waals surface area contributed by atoms with Gasteiger partial charge in [-0.25, -0.2) is 4.98 Å². The summed E-state index contributed by atoms with van der Waals surface area (Å²) < 4.78 is 0.514. The number of carbonyl (C=O) groups is 2. The molecule has 1 aliphatic heterocycles. The molecule has 5 nitrogen and oxygen atoms in total. The van der Waals surface area contributed by atoms with Crippen LogP contribution in [-0.4, -0.2) is 23.3 Å². The number of aromatic nitrogens is 1. The van der Waals surface area contributed by atoms with Crippen LogP contribution in [0.15, 0.2) is 16.9 Å². The number of anilines is 1. The fourth-order valence-electron chi connectivity index (χ4n) is 1.73. The van der Waals surface area contributed by atoms with Crippen LogP contribution < -0.4 is 10.6 Å². The molecule has 0 bridgehead atoms. The maximum Gasteiger partial charge on any atom is 0.227 e. The molecule has 1 aliphatic rings. The quantitative estimate of drug-likeness (QED) is 0.836. The van der Waals surface area contributed by atoms with E-state index >= 15 is 0 Å². The summed E-state index contributed by atoms with van der Waals surface area (Å²) in [7, 11) is 0. The van der Waals surface area contributed by atoms with E-state index in [0.29, 0.717) is 15.3 Å². The Morgan fingerprint density at radius 3 is 2.94 bits per heavy atom. The first-order valence-electron chi connectivity index (χ1n) is 4.89. The Morgan fingerprint density at radius 1 is 1.65 bits per heavy atom. The highest BCUT2D eigenvalue weighted by Gasteiger charge is 2.35. The molecule has 2 heterocycles. The van der Waals surface area contributed by atoms with E-state index in [9.17, 15) is 9.59 Å². The highest BCUT2D eigenvalue weighted by molar-refractivity contribution is 9.10. The van der Waals surface area contributed by atoms with Crippen molar-refractivity contribution >= 4 is 45.0 Å². The van der Waals surface area contributed by atoms with E-state index in [2.05, 4.69) is 20.9 Å². The average Bonchev–Trinajstić information content (AvgIpc) is 2.64. The molecule has 1 atom stereocenters. The largest absolute Gasteiger partial charge is 0.369 e. The SMILES string of the molecule is NC(=O)C1CC(=O)N(c2cc(Cl)cnc2Br)C1. The molecular formula is C10H9BrClN3O2. The topological polar surface area (TPSA) is 76.3 Å². The van der Waals surface area contributed by atoms with Crippen LogP contribution in [-0.2, 0) is 9.59 Å². The zero-order chi connectivity index (χ0) is 12.6. The van der Waals surface area contributed by atoms with Gasteiger partial charge in [0, 0.05) is 19.2 Å². The zero-order valence-corrected chi connectivity index (χ0v) is 11.0. The van der Waals surface area contributed by atoms with Gasteiger partial charge in [0.25, 0.3) is 0 Å².